The van der Waals surface area contributed by atoms with Crippen LogP contribution in [0.5, 0.6) is 0 Å². The molecule has 0 unspecified atom stereocenters. The fraction of sp³-hybridized carbons (Fsp3) is 0.174. The van der Waals surface area contributed by atoms with E-state index in [2.05, 4.69) is 4.72 Å². The van der Waals surface area contributed by atoms with Crippen molar-refractivity contribution in [2.24, 2.45) is 0 Å². The first-order valence-corrected chi connectivity index (χ1v) is 11.4. The van der Waals surface area contributed by atoms with Crippen molar-refractivity contribution in [3.8, 4) is 0 Å². The summed E-state index contributed by atoms with van der Waals surface area (Å²) in [6.45, 7) is 1.61. The molecule has 1 aliphatic heterocycles. The van der Waals surface area contributed by atoms with Gasteiger partial charge in [-0.05, 0) is 60.5 Å². The Bertz CT molecular complexity index is 1150. The first-order chi connectivity index (χ1) is 14.9. The number of rotatable bonds is 6. The predicted molar refractivity (Wildman–Crippen MR) is 118 cm³/mol. The zero-order valence-electron chi connectivity index (χ0n) is 16.7. The van der Waals surface area contributed by atoms with E-state index in [1.165, 1.54) is 24.3 Å². The van der Waals surface area contributed by atoms with E-state index in [4.69, 9.17) is 0 Å². The first-order valence-electron chi connectivity index (χ1n) is 9.91. The standard InChI is InChI=1S/C23H22FN3O3S/c24-19-9-7-18(8-10-19)17-26-15-4-16-27(23(26)28)21-13-11-20(12-14-21)25-31(29,30)22-5-2-1-3-6-22/h1-3,5-14,25H,4,15-17H2. The maximum absolute atomic E-state index is 13.1. The lowest BCUT2D eigenvalue weighted by Crippen LogP contribution is -2.49. The van der Waals surface area contributed by atoms with Crippen LogP contribution in [0.1, 0.15) is 12.0 Å². The highest BCUT2D eigenvalue weighted by Crippen LogP contribution is 2.24. The van der Waals surface area contributed by atoms with Gasteiger partial charge in [0, 0.05) is 31.0 Å². The number of benzene rings is 3. The molecule has 3 aromatic carbocycles. The Labute approximate surface area is 181 Å². The molecule has 8 heteroatoms. The van der Waals surface area contributed by atoms with Crippen molar-refractivity contribution in [1.29, 1.82) is 0 Å². The van der Waals surface area contributed by atoms with Crippen LogP contribution in [0.25, 0.3) is 0 Å². The highest BCUT2D eigenvalue weighted by molar-refractivity contribution is 7.92. The van der Waals surface area contributed by atoms with Crippen molar-refractivity contribution in [1.82, 2.24) is 4.90 Å². The van der Waals surface area contributed by atoms with E-state index < -0.39 is 10.0 Å². The summed E-state index contributed by atoms with van der Waals surface area (Å²) in [7, 11) is -3.67. The third-order valence-corrected chi connectivity index (χ3v) is 6.48. The number of anilines is 2. The molecule has 1 saturated heterocycles. The minimum absolute atomic E-state index is 0.131. The normalized spacial score (nSPS) is 14.5. The Morgan fingerprint density at radius 3 is 2.23 bits per heavy atom. The molecule has 160 valence electrons. The van der Waals surface area contributed by atoms with Crippen LogP contribution in [0, 0.1) is 5.82 Å². The van der Waals surface area contributed by atoms with Crippen LogP contribution < -0.4 is 9.62 Å². The molecule has 0 bridgehead atoms. The van der Waals surface area contributed by atoms with Gasteiger partial charge < -0.3 is 4.90 Å². The Morgan fingerprint density at radius 2 is 1.55 bits per heavy atom. The molecule has 31 heavy (non-hydrogen) atoms. The number of nitrogens with zero attached hydrogens (tertiary/aromatic N) is 2. The van der Waals surface area contributed by atoms with Crippen molar-refractivity contribution >= 4 is 27.4 Å². The molecule has 0 aromatic heterocycles. The lowest BCUT2D eigenvalue weighted by atomic mass is 10.1. The molecule has 6 nitrogen and oxygen atoms in total. The number of halogens is 1. The number of sulfonamides is 1. The number of hydrogen-bond acceptors (Lipinski definition) is 3. The van der Waals surface area contributed by atoms with E-state index >= 15 is 0 Å². The monoisotopic (exact) mass is 439 g/mol. The molecule has 0 saturated carbocycles. The highest BCUT2D eigenvalue weighted by atomic mass is 32.2. The maximum atomic E-state index is 13.1. The number of carbonyl (C=O) groups is 1. The van der Waals surface area contributed by atoms with Gasteiger partial charge in [0.15, 0.2) is 0 Å². The summed E-state index contributed by atoms with van der Waals surface area (Å²) < 4.78 is 40.6. The molecule has 0 aliphatic carbocycles. The summed E-state index contributed by atoms with van der Waals surface area (Å²) in [6.07, 6.45) is 0.801. The molecular weight excluding hydrogens is 417 g/mol. The molecular formula is C23H22FN3O3S. The quantitative estimate of drug-likeness (QED) is 0.617. The summed E-state index contributed by atoms with van der Waals surface area (Å²) in [6, 6.07) is 20.9. The zero-order valence-corrected chi connectivity index (χ0v) is 17.6. The predicted octanol–water partition coefficient (Wildman–Crippen LogP) is 4.46. The van der Waals surface area contributed by atoms with Gasteiger partial charge in [-0.3, -0.25) is 9.62 Å². The van der Waals surface area contributed by atoms with Crippen LogP contribution in [-0.4, -0.2) is 32.4 Å². The van der Waals surface area contributed by atoms with Crippen molar-refractivity contribution in [3.63, 3.8) is 0 Å². The zero-order chi connectivity index (χ0) is 21.8. The topological polar surface area (TPSA) is 69.7 Å². The van der Waals surface area contributed by atoms with E-state index in [1.807, 2.05) is 0 Å². The molecule has 1 N–H and O–H groups in total. The van der Waals surface area contributed by atoms with Gasteiger partial charge in [-0.25, -0.2) is 17.6 Å². The van der Waals surface area contributed by atoms with E-state index in [0.717, 1.165) is 12.0 Å². The third kappa shape index (κ3) is 4.86. The Morgan fingerprint density at radius 1 is 0.871 bits per heavy atom. The number of carbonyl (C=O) groups excluding carboxylic acids is 1. The molecule has 0 atom stereocenters. The van der Waals surface area contributed by atoms with Crippen LogP contribution in [0.2, 0.25) is 0 Å². The van der Waals surface area contributed by atoms with Gasteiger partial charge in [-0.15, -0.1) is 0 Å². The average molecular weight is 440 g/mol. The van der Waals surface area contributed by atoms with Crippen molar-refractivity contribution in [3.05, 3.63) is 90.2 Å². The van der Waals surface area contributed by atoms with Gasteiger partial charge in [0.2, 0.25) is 0 Å². The van der Waals surface area contributed by atoms with Crippen molar-refractivity contribution in [2.75, 3.05) is 22.7 Å². The third-order valence-electron chi connectivity index (χ3n) is 5.08. The van der Waals surface area contributed by atoms with Crippen LogP contribution in [0.4, 0.5) is 20.6 Å². The minimum Gasteiger partial charge on any atom is -0.320 e. The number of nitrogens with one attached hydrogen (secondary N) is 1. The molecule has 4 rings (SSSR count). The highest BCUT2D eigenvalue weighted by Gasteiger charge is 2.27. The fourth-order valence-corrected chi connectivity index (χ4v) is 4.58. The maximum Gasteiger partial charge on any atom is 0.324 e. The summed E-state index contributed by atoms with van der Waals surface area (Å²) in [5, 5.41) is 0. The summed E-state index contributed by atoms with van der Waals surface area (Å²) >= 11 is 0. The van der Waals surface area contributed by atoms with E-state index in [9.17, 15) is 17.6 Å². The molecule has 0 spiro atoms. The molecule has 1 aliphatic rings. The summed E-state index contributed by atoms with van der Waals surface area (Å²) in [4.78, 5) is 16.5. The summed E-state index contributed by atoms with van der Waals surface area (Å²) in [5.74, 6) is -0.307. The van der Waals surface area contributed by atoms with E-state index in [1.54, 1.807) is 64.4 Å². The van der Waals surface area contributed by atoms with Crippen LogP contribution in [-0.2, 0) is 16.6 Å². The average Bonchev–Trinajstić information content (AvgIpc) is 2.78. The molecule has 1 heterocycles. The number of hydrogen-bond donors (Lipinski definition) is 1. The Kier molecular flexibility index (Phi) is 5.90. The smallest absolute Gasteiger partial charge is 0.320 e. The number of amides is 2. The largest absolute Gasteiger partial charge is 0.324 e. The van der Waals surface area contributed by atoms with Crippen molar-refractivity contribution < 1.29 is 17.6 Å². The van der Waals surface area contributed by atoms with Crippen LogP contribution in [0.15, 0.2) is 83.8 Å². The Hall–Kier alpha value is -3.39. The molecule has 0 radical (unpaired) electrons. The lowest BCUT2D eigenvalue weighted by Gasteiger charge is -2.35. The van der Waals surface area contributed by atoms with Crippen LogP contribution >= 0.6 is 0 Å². The van der Waals surface area contributed by atoms with Crippen molar-refractivity contribution in [2.45, 2.75) is 17.9 Å². The van der Waals surface area contributed by atoms with Gasteiger partial charge in [-0.1, -0.05) is 30.3 Å². The molecule has 3 aromatic rings. The Balaban J connectivity index is 1.45. The fourth-order valence-electron chi connectivity index (χ4n) is 3.50. The second kappa shape index (κ2) is 8.77. The van der Waals surface area contributed by atoms with Gasteiger partial charge in [0.1, 0.15) is 5.82 Å². The molecule has 1 fully saturated rings. The first kappa shape index (κ1) is 20.9. The molecule has 2 amide bonds. The van der Waals surface area contributed by atoms with Gasteiger partial charge >= 0.3 is 6.03 Å². The van der Waals surface area contributed by atoms with E-state index in [0.29, 0.717) is 31.0 Å². The van der Waals surface area contributed by atoms with Gasteiger partial charge in [0.25, 0.3) is 10.0 Å². The second-order valence-electron chi connectivity index (χ2n) is 7.30. The lowest BCUT2D eigenvalue weighted by molar-refractivity contribution is 0.192. The summed E-state index contributed by atoms with van der Waals surface area (Å²) in [5.41, 5.74) is 1.97. The van der Waals surface area contributed by atoms with Gasteiger partial charge in [-0.2, -0.15) is 0 Å². The van der Waals surface area contributed by atoms with Crippen LogP contribution in [0.3, 0.4) is 0 Å². The SMILES string of the molecule is O=C1N(Cc2ccc(F)cc2)CCCN1c1ccc(NS(=O)(=O)c2ccccc2)cc1. The minimum atomic E-state index is -3.67. The van der Waals surface area contributed by atoms with E-state index in [-0.39, 0.29) is 16.7 Å². The number of urea groups is 1. The second-order valence-corrected chi connectivity index (χ2v) is 8.98. The van der Waals surface area contributed by atoms with Gasteiger partial charge in [0.05, 0.1) is 4.90 Å².